The number of hydrogen-bond acceptors (Lipinski definition) is 2. The van der Waals surface area contributed by atoms with Crippen LogP contribution in [0.5, 0.6) is 0 Å². The quantitative estimate of drug-likeness (QED) is 0.410. The summed E-state index contributed by atoms with van der Waals surface area (Å²) in [4.78, 5) is 22.5. The Morgan fingerprint density at radius 3 is 2.61 bits per heavy atom. The lowest BCUT2D eigenvalue weighted by molar-refractivity contribution is -0.137. The number of rotatable bonds is 7. The molecular weight excluding hydrogens is 390 g/mol. The summed E-state index contributed by atoms with van der Waals surface area (Å²) in [5.41, 5.74) is 5.27. The number of aliphatic carboxylic acids is 1. The Morgan fingerprint density at radius 2 is 1.90 bits per heavy atom. The van der Waals surface area contributed by atoms with E-state index in [0.717, 1.165) is 11.5 Å². The zero-order valence-corrected chi connectivity index (χ0v) is 18.0. The smallest absolute Gasteiger partial charge is 0.303 e. The maximum absolute atomic E-state index is 10.7. The third-order valence-corrected chi connectivity index (χ3v) is 6.46. The van der Waals surface area contributed by atoms with E-state index in [-0.39, 0.29) is 12.9 Å². The van der Waals surface area contributed by atoms with Crippen LogP contribution in [-0.4, -0.2) is 27.6 Å². The standard InChI is InChI=1S/C25H29NO2.CH2O2/c1-17(23-4-2-3-21-13-14-26-25(21)23)15-19-7-11-22(16-19)20-9-5-18(6-10-20)8-12-24(27)28;2-1-3/h2-6,9-10,13-14,17,19,22,26H,7-8,11-12,15-16H2,1H3,(H,27,28);1H,(H,2,3)/t17-,19+,22-;/m0./s1. The lowest BCUT2D eigenvalue weighted by Crippen LogP contribution is -2.03. The van der Waals surface area contributed by atoms with Crippen molar-refractivity contribution < 1.29 is 19.8 Å². The SMILES string of the molecule is C[C@@H](C[C@H]1CC[C@H](c2ccc(CCC(=O)O)cc2)C1)c1cccc2cc[nH]c12.O=CO. The number of benzene rings is 2. The van der Waals surface area contributed by atoms with Gasteiger partial charge in [-0.05, 0) is 78.0 Å². The molecule has 0 spiro atoms. The van der Waals surface area contributed by atoms with E-state index in [1.54, 1.807) is 0 Å². The molecule has 1 aliphatic carbocycles. The van der Waals surface area contributed by atoms with E-state index >= 15 is 0 Å². The summed E-state index contributed by atoms with van der Waals surface area (Å²) < 4.78 is 0. The number of aryl methyl sites for hydroxylation is 1. The van der Waals surface area contributed by atoms with Gasteiger partial charge in [0, 0.05) is 18.1 Å². The molecule has 4 rings (SSSR count). The maximum atomic E-state index is 10.7. The Morgan fingerprint density at radius 1 is 1.16 bits per heavy atom. The van der Waals surface area contributed by atoms with E-state index in [1.807, 2.05) is 6.20 Å². The zero-order valence-electron chi connectivity index (χ0n) is 18.0. The number of nitrogens with one attached hydrogen (secondary N) is 1. The van der Waals surface area contributed by atoms with Gasteiger partial charge in [-0.15, -0.1) is 0 Å². The fraction of sp³-hybridized carbons (Fsp3) is 0.385. The van der Waals surface area contributed by atoms with Crippen LogP contribution in [-0.2, 0) is 16.0 Å². The average Bonchev–Trinajstić information content (AvgIpc) is 3.42. The molecule has 0 unspecified atom stereocenters. The maximum Gasteiger partial charge on any atom is 0.303 e. The molecule has 0 amide bonds. The van der Waals surface area contributed by atoms with E-state index in [0.29, 0.717) is 18.3 Å². The van der Waals surface area contributed by atoms with Gasteiger partial charge in [0.1, 0.15) is 0 Å². The molecule has 0 bridgehead atoms. The van der Waals surface area contributed by atoms with E-state index in [1.165, 1.54) is 47.7 Å². The minimum Gasteiger partial charge on any atom is -0.483 e. The Bertz CT molecular complexity index is 992. The Hall–Kier alpha value is -3.08. The first-order valence-corrected chi connectivity index (χ1v) is 11.0. The second kappa shape index (κ2) is 10.8. The molecule has 5 nitrogen and oxygen atoms in total. The first kappa shape index (κ1) is 22.6. The third kappa shape index (κ3) is 5.97. The molecule has 0 saturated heterocycles. The molecule has 1 aromatic heterocycles. The Balaban J connectivity index is 0.000000858. The highest BCUT2D eigenvalue weighted by Crippen LogP contribution is 2.43. The zero-order chi connectivity index (χ0) is 22.2. The van der Waals surface area contributed by atoms with Gasteiger partial charge in [0.2, 0.25) is 0 Å². The van der Waals surface area contributed by atoms with Crippen molar-refractivity contribution in [2.45, 2.75) is 57.3 Å². The van der Waals surface area contributed by atoms with Crippen LogP contribution in [0.2, 0.25) is 0 Å². The third-order valence-electron chi connectivity index (χ3n) is 6.46. The molecule has 1 saturated carbocycles. The van der Waals surface area contributed by atoms with Gasteiger partial charge in [0.15, 0.2) is 0 Å². The monoisotopic (exact) mass is 421 g/mol. The minimum absolute atomic E-state index is 0.205. The number of aromatic nitrogens is 1. The van der Waals surface area contributed by atoms with Crippen LogP contribution in [0.25, 0.3) is 10.9 Å². The van der Waals surface area contributed by atoms with Crippen LogP contribution in [0.1, 0.15) is 67.6 Å². The van der Waals surface area contributed by atoms with Crippen molar-refractivity contribution in [2.24, 2.45) is 5.92 Å². The predicted octanol–water partition coefficient (Wildman–Crippen LogP) is 5.96. The van der Waals surface area contributed by atoms with Crippen LogP contribution in [0.15, 0.2) is 54.7 Å². The van der Waals surface area contributed by atoms with Gasteiger partial charge < -0.3 is 15.2 Å². The van der Waals surface area contributed by atoms with Crippen molar-refractivity contribution in [3.63, 3.8) is 0 Å². The second-order valence-electron chi connectivity index (χ2n) is 8.54. The lowest BCUT2D eigenvalue weighted by atomic mass is 9.87. The molecule has 164 valence electrons. The number of carboxylic acid groups (broad SMARTS) is 2. The van der Waals surface area contributed by atoms with Crippen molar-refractivity contribution in [3.05, 3.63) is 71.4 Å². The van der Waals surface area contributed by atoms with Crippen molar-refractivity contribution in [3.8, 4) is 0 Å². The first-order chi connectivity index (χ1) is 15.0. The van der Waals surface area contributed by atoms with Gasteiger partial charge in [-0.2, -0.15) is 0 Å². The molecule has 2 aromatic carbocycles. The van der Waals surface area contributed by atoms with Crippen LogP contribution >= 0.6 is 0 Å². The van der Waals surface area contributed by atoms with E-state index in [9.17, 15) is 4.79 Å². The highest BCUT2D eigenvalue weighted by Gasteiger charge is 2.27. The molecule has 31 heavy (non-hydrogen) atoms. The largest absolute Gasteiger partial charge is 0.483 e. The fourth-order valence-corrected chi connectivity index (χ4v) is 4.95. The van der Waals surface area contributed by atoms with Gasteiger partial charge in [-0.3, -0.25) is 9.59 Å². The van der Waals surface area contributed by atoms with Gasteiger partial charge in [-0.25, -0.2) is 0 Å². The number of fused-ring (bicyclic) bond motifs is 1. The second-order valence-corrected chi connectivity index (χ2v) is 8.54. The summed E-state index contributed by atoms with van der Waals surface area (Å²) in [6.07, 6.45) is 7.92. The normalized spacial score (nSPS) is 18.9. The number of para-hydroxylation sites is 1. The van der Waals surface area contributed by atoms with Gasteiger partial charge >= 0.3 is 5.97 Å². The van der Waals surface area contributed by atoms with Gasteiger partial charge in [0.05, 0.1) is 0 Å². The van der Waals surface area contributed by atoms with Crippen LogP contribution in [0.3, 0.4) is 0 Å². The summed E-state index contributed by atoms with van der Waals surface area (Å²) in [6.45, 7) is 2.11. The van der Waals surface area contributed by atoms with Gasteiger partial charge in [-0.1, -0.05) is 49.4 Å². The Kier molecular flexibility index (Phi) is 7.88. The molecule has 0 radical (unpaired) electrons. The topological polar surface area (TPSA) is 90.4 Å². The molecule has 1 aliphatic rings. The lowest BCUT2D eigenvalue weighted by Gasteiger charge is -2.18. The first-order valence-electron chi connectivity index (χ1n) is 11.0. The molecule has 0 aliphatic heterocycles. The average molecular weight is 422 g/mol. The Labute approximate surface area is 183 Å². The summed E-state index contributed by atoms with van der Waals surface area (Å²) in [7, 11) is 0. The van der Waals surface area contributed by atoms with Gasteiger partial charge in [0.25, 0.3) is 6.47 Å². The minimum atomic E-state index is -0.730. The fourth-order valence-electron chi connectivity index (χ4n) is 4.95. The van der Waals surface area contributed by atoms with E-state index in [2.05, 4.69) is 60.4 Å². The molecule has 3 N–H and O–H groups in total. The van der Waals surface area contributed by atoms with E-state index in [4.69, 9.17) is 15.0 Å². The molecule has 1 fully saturated rings. The number of H-pyrrole nitrogens is 1. The van der Waals surface area contributed by atoms with Crippen LogP contribution in [0.4, 0.5) is 0 Å². The van der Waals surface area contributed by atoms with Crippen molar-refractivity contribution in [1.29, 1.82) is 0 Å². The molecule has 1 heterocycles. The number of carbonyl (C=O) groups is 2. The van der Waals surface area contributed by atoms with Crippen molar-refractivity contribution >= 4 is 23.3 Å². The molecule has 3 aromatic rings. The predicted molar refractivity (Wildman–Crippen MR) is 123 cm³/mol. The highest BCUT2D eigenvalue weighted by atomic mass is 16.4. The van der Waals surface area contributed by atoms with Crippen molar-refractivity contribution in [2.75, 3.05) is 0 Å². The molecule has 5 heteroatoms. The van der Waals surface area contributed by atoms with Crippen LogP contribution < -0.4 is 0 Å². The van der Waals surface area contributed by atoms with Crippen molar-refractivity contribution in [1.82, 2.24) is 4.98 Å². The molecule has 3 atom stereocenters. The van der Waals surface area contributed by atoms with E-state index < -0.39 is 5.97 Å². The van der Waals surface area contributed by atoms with Crippen LogP contribution in [0, 0.1) is 5.92 Å². The highest BCUT2D eigenvalue weighted by molar-refractivity contribution is 5.82. The summed E-state index contributed by atoms with van der Waals surface area (Å²) in [6, 6.07) is 17.4. The molecular formula is C26H31NO4. The summed E-state index contributed by atoms with van der Waals surface area (Å²) in [5, 5.41) is 17.0. The number of carboxylic acids is 1. The number of aromatic amines is 1. The number of hydrogen-bond donors (Lipinski definition) is 3. The summed E-state index contributed by atoms with van der Waals surface area (Å²) in [5.74, 6) is 1.25. The summed E-state index contributed by atoms with van der Waals surface area (Å²) >= 11 is 0.